The normalized spacial score (nSPS) is 34.0. The number of hydrogen-bond acceptors (Lipinski definition) is 3. The number of allylic oxidation sites excluding steroid dienone is 2. The standard InChI is InChI=1S/C18H20ClNO3S/c1-18-10-20(9-13(18)11-6-7-12(18)8-11)17(21)16-14(19)4-3-5-15(16)24(2,22)23/h3-7,11-13H,8-10H2,1-2H3/t11-,12+,13?,18+/m1/s1. The Kier molecular flexibility index (Phi) is 3.42. The number of likely N-dealkylation sites (tertiary alicyclic amines) is 1. The maximum absolute atomic E-state index is 13.1. The number of sulfone groups is 1. The van der Waals surface area contributed by atoms with E-state index in [1.165, 1.54) is 12.5 Å². The molecule has 1 saturated carbocycles. The van der Waals surface area contributed by atoms with Crippen LogP contribution in [-0.2, 0) is 9.84 Å². The second kappa shape index (κ2) is 5.09. The second-order valence-electron chi connectivity index (χ2n) is 7.57. The van der Waals surface area contributed by atoms with Crippen molar-refractivity contribution >= 4 is 27.3 Å². The Bertz CT molecular complexity index is 863. The van der Waals surface area contributed by atoms with Gasteiger partial charge in [-0.1, -0.05) is 36.7 Å². The molecule has 0 aromatic heterocycles. The average Bonchev–Trinajstić information content (AvgIpc) is 3.15. The maximum Gasteiger partial charge on any atom is 0.256 e. The molecule has 2 fully saturated rings. The van der Waals surface area contributed by atoms with Gasteiger partial charge in [0.2, 0.25) is 0 Å². The van der Waals surface area contributed by atoms with Crippen molar-refractivity contribution in [2.75, 3.05) is 19.3 Å². The third-order valence-corrected chi connectivity index (χ3v) is 7.61. The van der Waals surface area contributed by atoms with E-state index in [0.29, 0.717) is 30.8 Å². The summed E-state index contributed by atoms with van der Waals surface area (Å²) in [6.45, 7) is 3.59. The van der Waals surface area contributed by atoms with Gasteiger partial charge in [-0.05, 0) is 41.7 Å². The molecule has 1 amide bonds. The molecule has 1 aromatic rings. The molecule has 6 heteroatoms. The van der Waals surface area contributed by atoms with Crippen LogP contribution in [0.1, 0.15) is 23.7 Å². The maximum atomic E-state index is 13.1. The van der Waals surface area contributed by atoms with E-state index >= 15 is 0 Å². The predicted molar refractivity (Wildman–Crippen MR) is 92.8 cm³/mol. The van der Waals surface area contributed by atoms with Crippen LogP contribution in [-0.4, -0.2) is 38.6 Å². The molecule has 4 rings (SSSR count). The van der Waals surface area contributed by atoms with Gasteiger partial charge in [0, 0.05) is 19.3 Å². The fraction of sp³-hybridized carbons (Fsp3) is 0.500. The van der Waals surface area contributed by atoms with Crippen LogP contribution in [0.15, 0.2) is 35.2 Å². The number of carbonyl (C=O) groups is 1. The molecule has 2 bridgehead atoms. The Morgan fingerprint density at radius 1 is 1.33 bits per heavy atom. The molecule has 24 heavy (non-hydrogen) atoms. The summed E-state index contributed by atoms with van der Waals surface area (Å²) in [5.41, 5.74) is 0.215. The van der Waals surface area contributed by atoms with Gasteiger partial charge in [0.05, 0.1) is 15.5 Å². The minimum atomic E-state index is -3.52. The van der Waals surface area contributed by atoms with Gasteiger partial charge in [0.25, 0.3) is 5.91 Å². The van der Waals surface area contributed by atoms with Crippen LogP contribution in [0.2, 0.25) is 5.02 Å². The Hall–Kier alpha value is -1.33. The topological polar surface area (TPSA) is 54.5 Å². The summed E-state index contributed by atoms with van der Waals surface area (Å²) in [6.07, 6.45) is 6.86. The Morgan fingerprint density at radius 3 is 2.75 bits per heavy atom. The summed E-state index contributed by atoms with van der Waals surface area (Å²) < 4.78 is 24.1. The van der Waals surface area contributed by atoms with Gasteiger partial charge in [-0.25, -0.2) is 8.42 Å². The van der Waals surface area contributed by atoms with Gasteiger partial charge < -0.3 is 4.90 Å². The molecule has 1 aliphatic heterocycles. The van der Waals surface area contributed by atoms with Crippen molar-refractivity contribution in [2.24, 2.45) is 23.2 Å². The van der Waals surface area contributed by atoms with Crippen LogP contribution in [0.4, 0.5) is 0 Å². The molecule has 128 valence electrons. The number of nitrogens with zero attached hydrogens (tertiary/aromatic N) is 1. The van der Waals surface area contributed by atoms with Crippen LogP contribution in [0.3, 0.4) is 0 Å². The number of rotatable bonds is 2. The largest absolute Gasteiger partial charge is 0.338 e. The highest BCUT2D eigenvalue weighted by atomic mass is 35.5. The number of benzene rings is 1. The summed E-state index contributed by atoms with van der Waals surface area (Å²) in [6, 6.07) is 4.60. The highest BCUT2D eigenvalue weighted by Gasteiger charge is 2.58. The Morgan fingerprint density at radius 2 is 2.08 bits per heavy atom. The van der Waals surface area contributed by atoms with E-state index in [9.17, 15) is 13.2 Å². The molecule has 0 radical (unpaired) electrons. The average molecular weight is 366 g/mol. The summed E-state index contributed by atoms with van der Waals surface area (Å²) in [5, 5.41) is 0.200. The van der Waals surface area contributed by atoms with Crippen molar-refractivity contribution in [1.29, 1.82) is 0 Å². The quantitative estimate of drug-likeness (QED) is 0.757. The van der Waals surface area contributed by atoms with E-state index in [2.05, 4.69) is 19.1 Å². The van der Waals surface area contributed by atoms with E-state index in [1.54, 1.807) is 17.0 Å². The van der Waals surface area contributed by atoms with Crippen molar-refractivity contribution in [3.8, 4) is 0 Å². The van der Waals surface area contributed by atoms with E-state index < -0.39 is 9.84 Å². The van der Waals surface area contributed by atoms with Crippen molar-refractivity contribution in [1.82, 2.24) is 4.90 Å². The van der Waals surface area contributed by atoms with Crippen molar-refractivity contribution in [2.45, 2.75) is 18.2 Å². The summed E-state index contributed by atoms with van der Waals surface area (Å²) in [4.78, 5) is 14.9. The van der Waals surface area contributed by atoms with E-state index in [1.807, 2.05) is 0 Å². The molecule has 3 aliphatic rings. The smallest absolute Gasteiger partial charge is 0.256 e. The van der Waals surface area contributed by atoms with Gasteiger partial charge >= 0.3 is 0 Å². The first-order valence-electron chi connectivity index (χ1n) is 8.18. The zero-order valence-electron chi connectivity index (χ0n) is 13.7. The second-order valence-corrected chi connectivity index (χ2v) is 9.97. The minimum Gasteiger partial charge on any atom is -0.338 e. The Labute approximate surface area is 147 Å². The molecule has 4 nitrogen and oxygen atoms in total. The predicted octanol–water partition coefficient (Wildman–Crippen LogP) is 3.03. The van der Waals surface area contributed by atoms with Crippen molar-refractivity contribution in [3.63, 3.8) is 0 Å². The zero-order chi connectivity index (χ0) is 17.3. The van der Waals surface area contributed by atoms with E-state index in [-0.39, 0.29) is 26.8 Å². The minimum absolute atomic E-state index is 0.0170. The fourth-order valence-corrected chi connectivity index (χ4v) is 6.11. The van der Waals surface area contributed by atoms with Crippen LogP contribution in [0, 0.1) is 23.2 Å². The van der Waals surface area contributed by atoms with Crippen LogP contribution < -0.4 is 0 Å². The monoisotopic (exact) mass is 365 g/mol. The lowest BCUT2D eigenvalue weighted by molar-refractivity contribution is 0.0761. The highest BCUT2D eigenvalue weighted by Crippen LogP contribution is 2.59. The molecule has 1 unspecified atom stereocenters. The van der Waals surface area contributed by atoms with Gasteiger partial charge in [-0.2, -0.15) is 0 Å². The summed E-state index contributed by atoms with van der Waals surface area (Å²) in [5.74, 6) is 1.25. The highest BCUT2D eigenvalue weighted by molar-refractivity contribution is 7.90. The molecule has 0 spiro atoms. The van der Waals surface area contributed by atoms with E-state index in [4.69, 9.17) is 11.6 Å². The van der Waals surface area contributed by atoms with Gasteiger partial charge in [-0.3, -0.25) is 4.79 Å². The summed E-state index contributed by atoms with van der Waals surface area (Å²) in [7, 11) is -3.52. The van der Waals surface area contributed by atoms with Gasteiger partial charge in [-0.15, -0.1) is 0 Å². The van der Waals surface area contributed by atoms with Crippen LogP contribution in [0.5, 0.6) is 0 Å². The SMILES string of the molecule is C[C@@]12CN(C(=O)c3c(Cl)cccc3S(C)(=O)=O)CC1[C@@H]1C=C[C@H]2C1. The molecule has 0 N–H and O–H groups in total. The molecular formula is C18H20ClNO3S. The molecule has 1 saturated heterocycles. The molecule has 1 aromatic carbocycles. The number of amides is 1. The van der Waals surface area contributed by atoms with Crippen LogP contribution >= 0.6 is 11.6 Å². The number of fused-ring (bicyclic) bond motifs is 5. The Balaban J connectivity index is 1.70. The first kappa shape index (κ1) is 16.2. The third kappa shape index (κ3) is 2.17. The first-order chi connectivity index (χ1) is 11.2. The number of hydrogen-bond donors (Lipinski definition) is 0. The zero-order valence-corrected chi connectivity index (χ0v) is 15.3. The third-order valence-electron chi connectivity index (χ3n) is 6.15. The lowest BCUT2D eigenvalue weighted by Crippen LogP contribution is -2.34. The molecule has 2 aliphatic carbocycles. The van der Waals surface area contributed by atoms with Gasteiger partial charge in [0.15, 0.2) is 9.84 Å². The van der Waals surface area contributed by atoms with Crippen molar-refractivity contribution < 1.29 is 13.2 Å². The number of halogens is 1. The van der Waals surface area contributed by atoms with Crippen molar-refractivity contribution in [3.05, 3.63) is 40.9 Å². The molecule has 4 atom stereocenters. The van der Waals surface area contributed by atoms with Crippen LogP contribution in [0.25, 0.3) is 0 Å². The lowest BCUT2D eigenvalue weighted by atomic mass is 9.72. The number of carbonyl (C=O) groups excluding carboxylic acids is 1. The fourth-order valence-electron chi connectivity index (χ4n) is 4.90. The van der Waals surface area contributed by atoms with E-state index in [0.717, 1.165) is 6.26 Å². The molecule has 1 heterocycles. The van der Waals surface area contributed by atoms with Gasteiger partial charge in [0.1, 0.15) is 0 Å². The first-order valence-corrected chi connectivity index (χ1v) is 10.4. The molecular weight excluding hydrogens is 346 g/mol. The lowest BCUT2D eigenvalue weighted by Gasteiger charge is -2.31. The summed E-state index contributed by atoms with van der Waals surface area (Å²) >= 11 is 6.21.